The van der Waals surface area contributed by atoms with Crippen LogP contribution in [-0.4, -0.2) is 37.8 Å². The zero-order valence-corrected chi connectivity index (χ0v) is 23.0. The van der Waals surface area contributed by atoms with E-state index in [1.54, 1.807) is 41.7 Å². The SMILES string of the molecule is Cc1cccc(COc2ccc(C(O)=C3C(=O)C(=O)N(CCCn4ccnc4)[C@H]3c3cccc(Br)c3)cc2)c1. The summed E-state index contributed by atoms with van der Waals surface area (Å²) in [5, 5.41) is 11.3. The number of carbonyl (C=O) groups excluding carboxylic acids is 2. The van der Waals surface area contributed by atoms with Gasteiger partial charge in [-0.2, -0.15) is 0 Å². The van der Waals surface area contributed by atoms with E-state index < -0.39 is 17.7 Å². The number of ether oxygens (including phenoxy) is 1. The van der Waals surface area contributed by atoms with Crippen molar-refractivity contribution in [2.45, 2.75) is 32.5 Å². The van der Waals surface area contributed by atoms with Crippen LogP contribution < -0.4 is 4.74 Å². The van der Waals surface area contributed by atoms with E-state index in [-0.39, 0.29) is 11.3 Å². The number of ketones is 1. The fourth-order valence-corrected chi connectivity index (χ4v) is 5.23. The van der Waals surface area contributed by atoms with Gasteiger partial charge in [0.2, 0.25) is 0 Å². The molecule has 4 aromatic rings. The number of aromatic nitrogens is 2. The number of likely N-dealkylation sites (tertiary alicyclic amines) is 1. The normalized spacial score (nSPS) is 16.6. The van der Waals surface area contributed by atoms with Crippen LogP contribution in [0.2, 0.25) is 0 Å². The number of benzene rings is 3. The van der Waals surface area contributed by atoms with E-state index in [0.717, 1.165) is 21.2 Å². The van der Waals surface area contributed by atoms with Crippen molar-refractivity contribution in [1.82, 2.24) is 14.5 Å². The Morgan fingerprint density at radius 2 is 1.82 bits per heavy atom. The molecule has 0 radical (unpaired) electrons. The molecule has 1 aromatic heterocycles. The molecule has 8 heteroatoms. The Hall–Kier alpha value is -4.17. The number of halogens is 1. The van der Waals surface area contributed by atoms with Gasteiger partial charge in [0.25, 0.3) is 11.7 Å². The maximum atomic E-state index is 13.3. The molecule has 7 nitrogen and oxygen atoms in total. The quantitative estimate of drug-likeness (QED) is 0.147. The first-order valence-corrected chi connectivity index (χ1v) is 13.5. The van der Waals surface area contributed by atoms with Crippen molar-refractivity contribution in [3.8, 4) is 5.75 Å². The first-order chi connectivity index (χ1) is 18.9. The molecular weight excluding hydrogens is 558 g/mol. The van der Waals surface area contributed by atoms with Crippen molar-refractivity contribution in [2.75, 3.05) is 6.54 Å². The lowest BCUT2D eigenvalue weighted by Gasteiger charge is -2.25. The minimum absolute atomic E-state index is 0.0779. The second-order valence-electron chi connectivity index (χ2n) is 9.50. The van der Waals surface area contributed by atoms with E-state index in [9.17, 15) is 14.7 Å². The molecule has 1 N–H and O–H groups in total. The number of aryl methyl sites for hydroxylation is 2. The van der Waals surface area contributed by atoms with Gasteiger partial charge in [0, 0.05) is 35.5 Å². The van der Waals surface area contributed by atoms with Crippen LogP contribution in [0.25, 0.3) is 5.76 Å². The third-order valence-corrected chi connectivity index (χ3v) is 7.19. The molecule has 0 unspecified atom stereocenters. The number of aliphatic hydroxyl groups excluding tert-OH is 1. The molecule has 198 valence electrons. The van der Waals surface area contributed by atoms with Gasteiger partial charge in [-0.3, -0.25) is 9.59 Å². The molecule has 3 aromatic carbocycles. The van der Waals surface area contributed by atoms with E-state index >= 15 is 0 Å². The minimum atomic E-state index is -0.706. The highest BCUT2D eigenvalue weighted by Gasteiger charge is 2.45. The summed E-state index contributed by atoms with van der Waals surface area (Å²) in [6.45, 7) is 3.45. The maximum Gasteiger partial charge on any atom is 0.295 e. The van der Waals surface area contributed by atoms with Crippen molar-refractivity contribution in [2.24, 2.45) is 0 Å². The predicted molar refractivity (Wildman–Crippen MR) is 152 cm³/mol. The van der Waals surface area contributed by atoms with Crippen LogP contribution in [0.5, 0.6) is 5.75 Å². The third-order valence-electron chi connectivity index (χ3n) is 6.69. The van der Waals surface area contributed by atoms with Crippen LogP contribution in [0.1, 0.15) is 34.7 Å². The summed E-state index contributed by atoms with van der Waals surface area (Å²) in [5.74, 6) is -0.887. The number of Topliss-reactive ketones (excluding diaryl/α,β-unsaturated/α-hetero) is 1. The van der Waals surface area contributed by atoms with E-state index in [2.05, 4.69) is 27.0 Å². The zero-order chi connectivity index (χ0) is 27.4. The molecular formula is C31H28BrN3O4. The summed E-state index contributed by atoms with van der Waals surface area (Å²) >= 11 is 3.49. The van der Waals surface area contributed by atoms with E-state index in [1.807, 2.05) is 60.2 Å². The monoisotopic (exact) mass is 585 g/mol. The van der Waals surface area contributed by atoms with E-state index in [0.29, 0.717) is 37.4 Å². The number of hydrogen-bond acceptors (Lipinski definition) is 5. The van der Waals surface area contributed by atoms with E-state index in [1.165, 1.54) is 0 Å². The zero-order valence-electron chi connectivity index (χ0n) is 21.5. The Bertz CT molecular complexity index is 1510. The summed E-state index contributed by atoms with van der Waals surface area (Å²) in [6, 6.07) is 21.7. The van der Waals surface area contributed by atoms with Gasteiger partial charge in [-0.25, -0.2) is 4.98 Å². The smallest absolute Gasteiger partial charge is 0.295 e. The lowest BCUT2D eigenvalue weighted by atomic mass is 9.95. The summed E-state index contributed by atoms with van der Waals surface area (Å²) in [7, 11) is 0. The molecule has 1 aliphatic rings. The Morgan fingerprint density at radius 1 is 1.03 bits per heavy atom. The van der Waals surface area contributed by atoms with Gasteiger partial charge in [-0.15, -0.1) is 0 Å². The van der Waals surface area contributed by atoms with Gasteiger partial charge in [0.1, 0.15) is 18.1 Å². The van der Waals surface area contributed by atoms with Crippen LogP contribution in [-0.2, 0) is 22.7 Å². The number of hydrogen-bond donors (Lipinski definition) is 1. The van der Waals surface area contributed by atoms with Crippen LogP contribution in [0, 0.1) is 6.92 Å². The molecule has 0 aliphatic carbocycles. The first-order valence-electron chi connectivity index (χ1n) is 12.7. The fourth-order valence-electron chi connectivity index (χ4n) is 4.81. The highest BCUT2D eigenvalue weighted by atomic mass is 79.9. The molecule has 1 aliphatic heterocycles. The van der Waals surface area contributed by atoms with Gasteiger partial charge in [0.05, 0.1) is 17.9 Å². The number of amides is 1. The molecule has 0 bridgehead atoms. The van der Waals surface area contributed by atoms with Crippen molar-refractivity contribution in [1.29, 1.82) is 0 Å². The van der Waals surface area contributed by atoms with Gasteiger partial charge < -0.3 is 19.3 Å². The summed E-state index contributed by atoms with van der Waals surface area (Å²) in [4.78, 5) is 32.1. The topological polar surface area (TPSA) is 84.7 Å². The molecule has 1 atom stereocenters. The second kappa shape index (κ2) is 11.7. The van der Waals surface area contributed by atoms with Crippen LogP contribution >= 0.6 is 15.9 Å². The molecule has 1 saturated heterocycles. The number of imidazole rings is 1. The van der Waals surface area contributed by atoms with Gasteiger partial charge in [0.15, 0.2) is 0 Å². The lowest BCUT2D eigenvalue weighted by molar-refractivity contribution is -0.139. The first kappa shape index (κ1) is 26.4. The number of rotatable bonds is 9. The van der Waals surface area contributed by atoms with Crippen LogP contribution in [0.15, 0.2) is 102 Å². The van der Waals surface area contributed by atoms with Gasteiger partial charge in [-0.05, 0) is 60.9 Å². The molecule has 1 fully saturated rings. The molecule has 2 heterocycles. The third kappa shape index (κ3) is 5.96. The molecule has 1 amide bonds. The van der Waals surface area contributed by atoms with Crippen molar-refractivity contribution < 1.29 is 19.4 Å². The summed E-state index contributed by atoms with van der Waals surface area (Å²) in [6.07, 6.45) is 5.90. The van der Waals surface area contributed by atoms with Crippen molar-refractivity contribution in [3.05, 3.63) is 124 Å². The fraction of sp³-hybridized carbons (Fsp3) is 0.194. The van der Waals surface area contributed by atoms with Crippen molar-refractivity contribution >= 4 is 33.4 Å². The lowest BCUT2D eigenvalue weighted by Crippen LogP contribution is -2.31. The number of aliphatic hydroxyl groups is 1. The summed E-state index contributed by atoms with van der Waals surface area (Å²) < 4.78 is 8.64. The Kier molecular flexibility index (Phi) is 7.93. The Balaban J connectivity index is 1.41. The summed E-state index contributed by atoms with van der Waals surface area (Å²) in [5.41, 5.74) is 3.48. The average Bonchev–Trinajstić information content (AvgIpc) is 3.54. The van der Waals surface area contributed by atoms with Gasteiger partial charge >= 0.3 is 0 Å². The molecule has 0 spiro atoms. The van der Waals surface area contributed by atoms with Crippen LogP contribution in [0.4, 0.5) is 0 Å². The number of carbonyl (C=O) groups is 2. The minimum Gasteiger partial charge on any atom is -0.507 e. The molecule has 5 rings (SSSR count). The van der Waals surface area contributed by atoms with Crippen molar-refractivity contribution in [3.63, 3.8) is 0 Å². The second-order valence-corrected chi connectivity index (χ2v) is 10.4. The van der Waals surface area contributed by atoms with Gasteiger partial charge in [-0.1, -0.05) is 57.9 Å². The predicted octanol–water partition coefficient (Wildman–Crippen LogP) is 6.05. The van der Waals surface area contributed by atoms with E-state index in [4.69, 9.17) is 4.74 Å². The Labute approximate surface area is 235 Å². The molecule has 0 saturated carbocycles. The maximum absolute atomic E-state index is 13.3. The average molecular weight is 586 g/mol. The highest BCUT2D eigenvalue weighted by molar-refractivity contribution is 9.10. The standard InChI is InChI=1S/C31H28BrN3O4/c1-21-5-2-6-22(17-21)19-39-26-11-9-23(10-12-26)29(36)27-28(24-7-3-8-25(32)18-24)35(31(38)30(27)37)15-4-14-34-16-13-33-20-34/h2-3,5-13,16-18,20,28,36H,4,14-15,19H2,1H3/t28-/m0/s1. The highest BCUT2D eigenvalue weighted by Crippen LogP contribution is 2.40. The van der Waals surface area contributed by atoms with Crippen LogP contribution in [0.3, 0.4) is 0 Å². The largest absolute Gasteiger partial charge is 0.507 e. The Morgan fingerprint density at radius 3 is 2.54 bits per heavy atom. The number of nitrogens with zero attached hydrogens (tertiary/aromatic N) is 3. The molecule has 39 heavy (non-hydrogen) atoms.